The number of aromatic nitrogens is 2. The van der Waals surface area contributed by atoms with Crippen LogP contribution in [0, 0.1) is 6.92 Å². The summed E-state index contributed by atoms with van der Waals surface area (Å²) in [6.45, 7) is 6.19. The SMILES string of the molecule is CCOc1ccccc1NC(=O)N1CCC(n2c(C)cnc2C2CCC2)CC1. The number of hydrogen-bond donors (Lipinski definition) is 1. The van der Waals surface area contributed by atoms with Crippen LogP contribution in [-0.4, -0.2) is 40.2 Å². The summed E-state index contributed by atoms with van der Waals surface area (Å²) in [4.78, 5) is 19.4. The molecule has 1 N–H and O–H groups in total. The van der Waals surface area contributed by atoms with Crippen LogP contribution in [0.15, 0.2) is 30.5 Å². The molecule has 0 bridgehead atoms. The molecule has 6 nitrogen and oxygen atoms in total. The van der Waals surface area contributed by atoms with Gasteiger partial charge in [0, 0.05) is 36.9 Å². The molecule has 2 aromatic rings. The largest absolute Gasteiger partial charge is 0.492 e. The van der Waals surface area contributed by atoms with Gasteiger partial charge in [-0.3, -0.25) is 0 Å². The summed E-state index contributed by atoms with van der Waals surface area (Å²) in [5.41, 5.74) is 1.98. The average Bonchev–Trinajstić information content (AvgIpc) is 3.03. The van der Waals surface area contributed by atoms with Crippen molar-refractivity contribution in [3.8, 4) is 5.75 Å². The maximum Gasteiger partial charge on any atom is 0.321 e. The van der Waals surface area contributed by atoms with Crippen LogP contribution < -0.4 is 10.1 Å². The van der Waals surface area contributed by atoms with Crippen LogP contribution in [0.2, 0.25) is 0 Å². The fourth-order valence-electron chi connectivity index (χ4n) is 4.28. The summed E-state index contributed by atoms with van der Waals surface area (Å²) in [6, 6.07) is 7.99. The molecule has 0 unspecified atom stereocenters. The predicted octanol–water partition coefficient (Wildman–Crippen LogP) is 4.73. The average molecular weight is 383 g/mol. The number of para-hydroxylation sites is 2. The van der Waals surface area contributed by atoms with Gasteiger partial charge in [0.05, 0.1) is 12.3 Å². The molecule has 1 aliphatic heterocycles. The predicted molar refractivity (Wildman–Crippen MR) is 110 cm³/mol. The first-order valence-corrected chi connectivity index (χ1v) is 10.5. The van der Waals surface area contributed by atoms with Crippen molar-refractivity contribution >= 4 is 11.7 Å². The molecule has 0 radical (unpaired) electrons. The van der Waals surface area contributed by atoms with Gasteiger partial charge in [0.2, 0.25) is 0 Å². The maximum absolute atomic E-state index is 12.8. The first kappa shape index (κ1) is 18.8. The second-order valence-electron chi connectivity index (χ2n) is 7.83. The van der Waals surface area contributed by atoms with Crippen molar-refractivity contribution in [2.45, 2.75) is 57.9 Å². The van der Waals surface area contributed by atoms with Crippen molar-refractivity contribution in [1.82, 2.24) is 14.5 Å². The highest BCUT2D eigenvalue weighted by molar-refractivity contribution is 5.91. The van der Waals surface area contributed by atoms with Crippen LogP contribution in [0.3, 0.4) is 0 Å². The normalized spacial score (nSPS) is 18.0. The monoisotopic (exact) mass is 382 g/mol. The van der Waals surface area contributed by atoms with E-state index >= 15 is 0 Å². The number of likely N-dealkylation sites (tertiary alicyclic amines) is 1. The molecule has 150 valence electrons. The van der Waals surface area contributed by atoms with E-state index in [0.29, 0.717) is 24.3 Å². The lowest BCUT2D eigenvalue weighted by Gasteiger charge is -2.35. The number of hydrogen-bond acceptors (Lipinski definition) is 3. The Labute approximate surface area is 166 Å². The van der Waals surface area contributed by atoms with Crippen LogP contribution in [0.25, 0.3) is 0 Å². The lowest BCUT2D eigenvalue weighted by Crippen LogP contribution is -2.42. The zero-order valence-electron chi connectivity index (χ0n) is 16.9. The highest BCUT2D eigenvalue weighted by atomic mass is 16.5. The van der Waals surface area contributed by atoms with Crippen LogP contribution >= 0.6 is 0 Å². The van der Waals surface area contributed by atoms with E-state index in [-0.39, 0.29) is 6.03 Å². The van der Waals surface area contributed by atoms with Crippen molar-refractivity contribution in [2.24, 2.45) is 0 Å². The smallest absolute Gasteiger partial charge is 0.321 e. The molecular weight excluding hydrogens is 352 g/mol. The van der Waals surface area contributed by atoms with Crippen molar-refractivity contribution in [3.05, 3.63) is 42.0 Å². The third kappa shape index (κ3) is 3.73. The minimum absolute atomic E-state index is 0.0489. The number of imidazole rings is 1. The third-order valence-electron chi connectivity index (χ3n) is 6.03. The highest BCUT2D eigenvalue weighted by Crippen LogP contribution is 2.38. The van der Waals surface area contributed by atoms with Gasteiger partial charge < -0.3 is 19.5 Å². The standard InChI is InChI=1S/C22H30N4O2/c1-3-28-20-10-5-4-9-19(20)24-22(27)25-13-11-18(12-14-25)26-16(2)15-23-21(26)17-7-6-8-17/h4-5,9-10,15,17-18H,3,6-8,11-14H2,1-2H3,(H,24,27). The van der Waals surface area contributed by atoms with Gasteiger partial charge in [-0.25, -0.2) is 9.78 Å². The van der Waals surface area contributed by atoms with Gasteiger partial charge in [0.25, 0.3) is 0 Å². The number of benzene rings is 1. The summed E-state index contributed by atoms with van der Waals surface area (Å²) in [5.74, 6) is 2.61. The molecule has 4 rings (SSSR count). The lowest BCUT2D eigenvalue weighted by molar-refractivity contribution is 0.181. The summed E-state index contributed by atoms with van der Waals surface area (Å²) < 4.78 is 8.06. The molecule has 1 aromatic heterocycles. The maximum atomic E-state index is 12.8. The molecule has 2 aliphatic rings. The lowest BCUT2D eigenvalue weighted by atomic mass is 9.84. The Hall–Kier alpha value is -2.50. The number of piperidine rings is 1. The Morgan fingerprint density at radius 3 is 2.64 bits per heavy atom. The van der Waals surface area contributed by atoms with Gasteiger partial charge in [-0.15, -0.1) is 0 Å². The summed E-state index contributed by atoms with van der Waals surface area (Å²) >= 11 is 0. The molecule has 2 amide bonds. The van der Waals surface area contributed by atoms with E-state index in [1.54, 1.807) is 0 Å². The molecule has 1 saturated carbocycles. The van der Waals surface area contributed by atoms with Gasteiger partial charge in [-0.2, -0.15) is 0 Å². The quantitative estimate of drug-likeness (QED) is 0.813. The topological polar surface area (TPSA) is 59.4 Å². The van der Waals surface area contributed by atoms with E-state index < -0.39 is 0 Å². The number of nitrogens with one attached hydrogen (secondary N) is 1. The number of carbonyl (C=O) groups excluding carboxylic acids is 1. The number of anilines is 1. The van der Waals surface area contributed by atoms with E-state index in [4.69, 9.17) is 9.72 Å². The van der Waals surface area contributed by atoms with Crippen molar-refractivity contribution in [3.63, 3.8) is 0 Å². The van der Waals surface area contributed by atoms with Crippen LogP contribution in [0.4, 0.5) is 10.5 Å². The van der Waals surface area contributed by atoms with Gasteiger partial charge in [-0.1, -0.05) is 18.6 Å². The summed E-state index contributed by atoms with van der Waals surface area (Å²) in [6.07, 6.45) is 7.79. The molecule has 28 heavy (non-hydrogen) atoms. The van der Waals surface area contributed by atoms with Crippen molar-refractivity contribution in [2.75, 3.05) is 25.0 Å². The number of aryl methyl sites for hydroxylation is 1. The van der Waals surface area contributed by atoms with Crippen molar-refractivity contribution in [1.29, 1.82) is 0 Å². The molecule has 6 heteroatoms. The third-order valence-corrected chi connectivity index (χ3v) is 6.03. The number of nitrogens with zero attached hydrogens (tertiary/aromatic N) is 3. The molecule has 0 atom stereocenters. The van der Waals surface area contributed by atoms with Crippen LogP contribution in [-0.2, 0) is 0 Å². The second kappa shape index (κ2) is 8.25. The van der Waals surface area contributed by atoms with Gasteiger partial charge in [-0.05, 0) is 51.7 Å². The van der Waals surface area contributed by atoms with Gasteiger partial charge in [0.15, 0.2) is 0 Å². The van der Waals surface area contributed by atoms with Crippen LogP contribution in [0.1, 0.15) is 62.5 Å². The number of carbonyl (C=O) groups is 1. The molecular formula is C22H30N4O2. The molecule has 2 heterocycles. The van der Waals surface area contributed by atoms with Crippen molar-refractivity contribution < 1.29 is 9.53 Å². The number of urea groups is 1. The van der Waals surface area contributed by atoms with Crippen LogP contribution in [0.5, 0.6) is 5.75 Å². The van der Waals surface area contributed by atoms with E-state index in [1.165, 1.54) is 30.8 Å². The minimum atomic E-state index is -0.0489. The molecule has 1 aromatic carbocycles. The Balaban J connectivity index is 1.38. The summed E-state index contributed by atoms with van der Waals surface area (Å²) in [7, 11) is 0. The molecule has 1 saturated heterocycles. The Kier molecular flexibility index (Phi) is 5.55. The molecule has 1 aliphatic carbocycles. The fraction of sp³-hybridized carbons (Fsp3) is 0.545. The van der Waals surface area contributed by atoms with E-state index in [0.717, 1.165) is 31.6 Å². The van der Waals surface area contributed by atoms with E-state index in [2.05, 4.69) is 16.8 Å². The second-order valence-corrected chi connectivity index (χ2v) is 7.83. The van der Waals surface area contributed by atoms with Gasteiger partial charge >= 0.3 is 6.03 Å². The van der Waals surface area contributed by atoms with Gasteiger partial charge in [0.1, 0.15) is 11.6 Å². The van der Waals surface area contributed by atoms with E-state index in [9.17, 15) is 4.79 Å². The van der Waals surface area contributed by atoms with E-state index in [1.807, 2.05) is 42.3 Å². The zero-order chi connectivity index (χ0) is 19.5. The Morgan fingerprint density at radius 1 is 1.21 bits per heavy atom. The first-order chi connectivity index (χ1) is 13.7. The Morgan fingerprint density at radius 2 is 1.96 bits per heavy atom. The highest BCUT2D eigenvalue weighted by Gasteiger charge is 2.30. The number of ether oxygens (including phenoxy) is 1. The zero-order valence-corrected chi connectivity index (χ0v) is 16.9. The minimum Gasteiger partial charge on any atom is -0.492 e. The molecule has 2 fully saturated rings. The number of amides is 2. The Bertz CT molecular complexity index is 820. The fourth-order valence-corrected chi connectivity index (χ4v) is 4.28. The number of rotatable bonds is 5. The molecule has 0 spiro atoms. The summed E-state index contributed by atoms with van der Waals surface area (Å²) in [5, 5.41) is 3.02. The first-order valence-electron chi connectivity index (χ1n) is 10.5.